The molecule has 2 amide bonds. The van der Waals surface area contributed by atoms with Crippen LogP contribution >= 0.6 is 0 Å². The van der Waals surface area contributed by atoms with Gasteiger partial charge in [-0.25, -0.2) is 0 Å². The number of rotatable bonds is 4. The summed E-state index contributed by atoms with van der Waals surface area (Å²) < 4.78 is 0. The SMILES string of the molecule is CC(=O)N(C)CC(=O)NC[C@H]1CC2c3ccccc3C1c1ccccc12. The second kappa shape index (κ2) is 6.60. The molecule has 0 aliphatic heterocycles. The monoisotopic (exact) mass is 348 g/mol. The van der Waals surface area contributed by atoms with Crippen LogP contribution < -0.4 is 5.32 Å². The Bertz CT molecular complexity index is 813. The molecule has 0 aromatic heterocycles. The molecule has 0 saturated heterocycles. The van der Waals surface area contributed by atoms with Crippen molar-refractivity contribution in [2.75, 3.05) is 20.1 Å². The van der Waals surface area contributed by atoms with Crippen molar-refractivity contribution in [2.24, 2.45) is 5.92 Å². The zero-order valence-electron chi connectivity index (χ0n) is 15.2. The average Bonchev–Trinajstić information content (AvgIpc) is 2.66. The molecule has 2 bridgehead atoms. The van der Waals surface area contributed by atoms with Crippen LogP contribution in [-0.2, 0) is 9.59 Å². The third-order valence-electron chi connectivity index (χ3n) is 5.90. The quantitative estimate of drug-likeness (QED) is 0.924. The number of likely N-dealkylation sites (N-methyl/N-ethyl adjacent to an activating group) is 1. The Morgan fingerprint density at radius 1 is 1.00 bits per heavy atom. The van der Waals surface area contributed by atoms with Crippen molar-refractivity contribution in [3.05, 3.63) is 70.8 Å². The maximum Gasteiger partial charge on any atom is 0.239 e. The lowest BCUT2D eigenvalue weighted by Crippen LogP contribution is -2.42. The Morgan fingerprint density at radius 2 is 1.54 bits per heavy atom. The lowest BCUT2D eigenvalue weighted by atomic mass is 9.59. The van der Waals surface area contributed by atoms with Crippen molar-refractivity contribution in [3.8, 4) is 0 Å². The van der Waals surface area contributed by atoms with Crippen LogP contribution in [-0.4, -0.2) is 36.9 Å². The third-order valence-corrected chi connectivity index (χ3v) is 5.90. The number of nitrogens with one attached hydrogen (secondary N) is 1. The first-order chi connectivity index (χ1) is 12.6. The molecular formula is C22H24N2O2. The van der Waals surface area contributed by atoms with Gasteiger partial charge in [-0.2, -0.15) is 0 Å². The maximum absolute atomic E-state index is 12.2. The van der Waals surface area contributed by atoms with E-state index in [9.17, 15) is 9.59 Å². The molecule has 1 N–H and O–H groups in total. The molecule has 2 aromatic carbocycles. The topological polar surface area (TPSA) is 49.4 Å². The van der Waals surface area contributed by atoms with Gasteiger partial charge >= 0.3 is 0 Å². The molecule has 0 radical (unpaired) electrons. The van der Waals surface area contributed by atoms with Gasteiger partial charge in [0.2, 0.25) is 11.8 Å². The summed E-state index contributed by atoms with van der Waals surface area (Å²) in [6.07, 6.45) is 1.06. The number of hydrogen-bond acceptors (Lipinski definition) is 2. The minimum absolute atomic E-state index is 0.0919. The molecule has 3 aliphatic rings. The lowest BCUT2D eigenvalue weighted by molar-refractivity contribution is -0.133. The van der Waals surface area contributed by atoms with Crippen LogP contribution in [0.5, 0.6) is 0 Å². The van der Waals surface area contributed by atoms with Crippen molar-refractivity contribution in [2.45, 2.75) is 25.2 Å². The molecular weight excluding hydrogens is 324 g/mol. The molecule has 3 aliphatic carbocycles. The number of hydrogen-bond donors (Lipinski definition) is 1. The first-order valence-electron chi connectivity index (χ1n) is 9.22. The summed E-state index contributed by atoms with van der Waals surface area (Å²) in [5.74, 6) is 0.939. The van der Waals surface area contributed by atoms with Crippen LogP contribution in [0, 0.1) is 5.92 Å². The van der Waals surface area contributed by atoms with E-state index in [1.807, 2.05) is 0 Å². The molecule has 0 heterocycles. The standard InChI is InChI=1S/C22H24N2O2/c1-14(25)24(2)13-21(26)23-12-15-11-20-16-7-3-5-9-18(16)22(15)19-10-6-4-8-17(19)20/h3-10,15,20,22H,11-13H2,1-2H3,(H,23,26)/t15-,20?,22?/m1/s1. The normalized spacial score (nSPS) is 22.3. The van der Waals surface area contributed by atoms with Gasteiger partial charge in [-0.1, -0.05) is 48.5 Å². The van der Waals surface area contributed by atoms with E-state index in [1.165, 1.54) is 34.1 Å². The van der Waals surface area contributed by atoms with Crippen molar-refractivity contribution < 1.29 is 9.59 Å². The molecule has 2 aromatic rings. The fraction of sp³-hybridized carbons (Fsp3) is 0.364. The predicted octanol–water partition coefficient (Wildman–Crippen LogP) is 2.88. The van der Waals surface area contributed by atoms with Crippen LogP contribution in [0.1, 0.15) is 47.4 Å². The Kier molecular flexibility index (Phi) is 4.27. The van der Waals surface area contributed by atoms with Gasteiger partial charge in [-0.3, -0.25) is 9.59 Å². The van der Waals surface area contributed by atoms with Gasteiger partial charge in [0.1, 0.15) is 0 Å². The van der Waals surface area contributed by atoms with Gasteiger partial charge in [0.05, 0.1) is 6.54 Å². The van der Waals surface area contributed by atoms with E-state index in [1.54, 1.807) is 7.05 Å². The fourth-order valence-electron chi connectivity index (χ4n) is 4.59. The number of carbonyl (C=O) groups is 2. The van der Waals surface area contributed by atoms with E-state index in [0.29, 0.717) is 24.3 Å². The molecule has 5 rings (SSSR count). The second-order valence-corrected chi connectivity index (χ2v) is 7.46. The van der Waals surface area contributed by atoms with Crippen LogP contribution in [0.25, 0.3) is 0 Å². The third kappa shape index (κ3) is 2.79. The smallest absolute Gasteiger partial charge is 0.239 e. The number of amides is 2. The van der Waals surface area contributed by atoms with Crippen LogP contribution in [0.3, 0.4) is 0 Å². The average molecular weight is 348 g/mol. The predicted molar refractivity (Wildman–Crippen MR) is 101 cm³/mol. The minimum atomic E-state index is -0.0975. The van der Waals surface area contributed by atoms with E-state index in [-0.39, 0.29) is 18.4 Å². The molecule has 26 heavy (non-hydrogen) atoms. The maximum atomic E-state index is 12.2. The first kappa shape index (κ1) is 16.8. The van der Waals surface area contributed by atoms with Crippen molar-refractivity contribution in [3.63, 3.8) is 0 Å². The van der Waals surface area contributed by atoms with Crippen molar-refractivity contribution in [1.82, 2.24) is 10.2 Å². The summed E-state index contributed by atoms with van der Waals surface area (Å²) in [6, 6.07) is 17.4. The van der Waals surface area contributed by atoms with Gasteiger partial charge in [-0.15, -0.1) is 0 Å². The highest BCUT2D eigenvalue weighted by Crippen LogP contribution is 2.54. The number of carbonyl (C=O) groups excluding carboxylic acids is 2. The fourth-order valence-corrected chi connectivity index (χ4v) is 4.59. The zero-order valence-corrected chi connectivity index (χ0v) is 15.2. The Morgan fingerprint density at radius 3 is 2.08 bits per heavy atom. The number of fused-ring (bicyclic) bond motifs is 1. The van der Waals surface area contributed by atoms with E-state index in [2.05, 4.69) is 53.8 Å². The van der Waals surface area contributed by atoms with Crippen LogP contribution in [0.4, 0.5) is 0 Å². The molecule has 0 fully saturated rings. The Labute approximate surface area is 154 Å². The Hall–Kier alpha value is -2.62. The van der Waals surface area contributed by atoms with Gasteiger partial charge < -0.3 is 10.2 Å². The second-order valence-electron chi connectivity index (χ2n) is 7.46. The number of benzene rings is 2. The molecule has 0 spiro atoms. The molecule has 134 valence electrons. The van der Waals surface area contributed by atoms with Gasteiger partial charge in [0.15, 0.2) is 0 Å². The van der Waals surface area contributed by atoms with Gasteiger partial charge in [0.25, 0.3) is 0 Å². The van der Waals surface area contributed by atoms with E-state index < -0.39 is 0 Å². The minimum Gasteiger partial charge on any atom is -0.354 e. The number of nitrogens with zero attached hydrogens (tertiary/aromatic N) is 1. The summed E-state index contributed by atoms with van der Waals surface area (Å²) in [7, 11) is 1.65. The molecule has 0 unspecified atom stereocenters. The van der Waals surface area contributed by atoms with Crippen LogP contribution in [0.15, 0.2) is 48.5 Å². The molecule has 4 heteroatoms. The zero-order chi connectivity index (χ0) is 18.3. The van der Waals surface area contributed by atoms with Crippen molar-refractivity contribution in [1.29, 1.82) is 0 Å². The summed E-state index contributed by atoms with van der Waals surface area (Å²) in [4.78, 5) is 24.9. The van der Waals surface area contributed by atoms with E-state index >= 15 is 0 Å². The highest BCUT2D eigenvalue weighted by molar-refractivity contribution is 5.83. The summed E-state index contributed by atoms with van der Waals surface area (Å²) >= 11 is 0. The first-order valence-corrected chi connectivity index (χ1v) is 9.22. The highest BCUT2D eigenvalue weighted by Gasteiger charge is 2.42. The van der Waals surface area contributed by atoms with E-state index in [0.717, 1.165) is 6.42 Å². The summed E-state index contributed by atoms with van der Waals surface area (Å²) in [5, 5.41) is 3.05. The van der Waals surface area contributed by atoms with Crippen molar-refractivity contribution >= 4 is 11.8 Å². The summed E-state index contributed by atoms with van der Waals surface area (Å²) in [6.45, 7) is 2.24. The molecule has 1 atom stereocenters. The van der Waals surface area contributed by atoms with Gasteiger partial charge in [-0.05, 0) is 34.6 Å². The highest BCUT2D eigenvalue weighted by atomic mass is 16.2. The lowest BCUT2D eigenvalue weighted by Gasteiger charge is -2.45. The molecule has 0 saturated carbocycles. The summed E-state index contributed by atoms with van der Waals surface area (Å²) in [5.41, 5.74) is 5.69. The Balaban J connectivity index is 1.55. The van der Waals surface area contributed by atoms with E-state index in [4.69, 9.17) is 0 Å². The van der Waals surface area contributed by atoms with Crippen LogP contribution in [0.2, 0.25) is 0 Å². The largest absolute Gasteiger partial charge is 0.354 e. The van der Waals surface area contributed by atoms with Gasteiger partial charge in [0, 0.05) is 32.4 Å². The molecule has 4 nitrogen and oxygen atoms in total.